The van der Waals surface area contributed by atoms with Crippen molar-refractivity contribution in [2.45, 2.75) is 211 Å². The Morgan fingerprint density at radius 3 is 1.39 bits per heavy atom. The number of aliphatic hydroxyl groups excluding tert-OH is 2. The molecule has 284 valence electrons. The molecule has 2 aliphatic heterocycles. The zero-order chi connectivity index (χ0) is 35.3. The Morgan fingerprint density at radius 2 is 0.939 bits per heavy atom. The van der Waals surface area contributed by atoms with Crippen LogP contribution in [-0.4, -0.2) is 65.5 Å². The zero-order valence-corrected chi connectivity index (χ0v) is 32.4. The standard InChI is InChI=1S/C44H79NO4/c1-4-6-8-10-12-14-16-18-20-22-24-26-28-30-32-34-36-44(48-41-39-45(3)38-40(46)42(47)43(41)49-44)37-35-33-31-29-27-25-23-21-19-17-15-13-11-9-7-5-2/h12-15,18-21,40-43,46-47H,4-11,16-17,22-39H2,1-3H3/b14-12-,15-13-,20-18-,21-19-/t40-,41?,42-,43?/m1/s1. The lowest BCUT2D eigenvalue weighted by Crippen LogP contribution is -2.43. The SMILES string of the molecule is CCCCC/C=C\C/C=C\CCCCCCCCC1(CCCCCCCC/C=C\C/C=C\CCCCC)OC2CN(C)C[C@@H](O)[C@@H](O)C2O1. The number of ether oxygens (including phenoxy) is 2. The molecule has 2 heterocycles. The van der Waals surface area contributed by atoms with Crippen LogP contribution in [0.2, 0.25) is 0 Å². The van der Waals surface area contributed by atoms with Gasteiger partial charge in [-0.25, -0.2) is 0 Å². The van der Waals surface area contributed by atoms with Crippen molar-refractivity contribution in [1.82, 2.24) is 4.90 Å². The third kappa shape index (κ3) is 21.0. The highest BCUT2D eigenvalue weighted by Gasteiger charge is 2.52. The van der Waals surface area contributed by atoms with E-state index < -0.39 is 24.1 Å². The Morgan fingerprint density at radius 1 is 0.531 bits per heavy atom. The van der Waals surface area contributed by atoms with Gasteiger partial charge in [-0.2, -0.15) is 0 Å². The second-order valence-electron chi connectivity index (χ2n) is 15.1. The molecule has 2 N–H and O–H groups in total. The molecule has 0 aromatic rings. The Labute approximate surface area is 303 Å². The van der Waals surface area contributed by atoms with Gasteiger partial charge in [-0.15, -0.1) is 0 Å². The fourth-order valence-corrected chi connectivity index (χ4v) is 7.28. The van der Waals surface area contributed by atoms with Crippen LogP contribution in [0.4, 0.5) is 0 Å². The number of hydrogen-bond donors (Lipinski definition) is 2. The lowest BCUT2D eigenvalue weighted by Gasteiger charge is -2.31. The van der Waals surface area contributed by atoms with Crippen molar-refractivity contribution in [2.75, 3.05) is 20.1 Å². The Balaban J connectivity index is 1.64. The predicted octanol–water partition coefficient (Wildman–Crippen LogP) is 11.5. The fraction of sp³-hybridized carbons (Fsp3) is 0.818. The van der Waals surface area contributed by atoms with Crippen molar-refractivity contribution in [3.8, 4) is 0 Å². The van der Waals surface area contributed by atoms with Gasteiger partial charge in [0.15, 0.2) is 5.79 Å². The molecule has 5 nitrogen and oxygen atoms in total. The van der Waals surface area contributed by atoms with Crippen LogP contribution in [0.3, 0.4) is 0 Å². The van der Waals surface area contributed by atoms with E-state index in [1.165, 1.54) is 128 Å². The lowest BCUT2D eigenvalue weighted by molar-refractivity contribution is -0.201. The minimum Gasteiger partial charge on any atom is -0.389 e. The lowest BCUT2D eigenvalue weighted by atomic mass is 9.98. The van der Waals surface area contributed by atoms with Crippen LogP contribution in [-0.2, 0) is 9.47 Å². The van der Waals surface area contributed by atoms with Crippen LogP contribution in [0.25, 0.3) is 0 Å². The van der Waals surface area contributed by atoms with Crippen molar-refractivity contribution in [2.24, 2.45) is 0 Å². The van der Waals surface area contributed by atoms with Gasteiger partial charge >= 0.3 is 0 Å². The second kappa shape index (κ2) is 29.3. The normalized spacial score (nSPS) is 23.1. The second-order valence-corrected chi connectivity index (χ2v) is 15.1. The van der Waals surface area contributed by atoms with Gasteiger partial charge in [0, 0.05) is 25.9 Å². The molecular weight excluding hydrogens is 606 g/mol. The summed E-state index contributed by atoms with van der Waals surface area (Å²) in [4.78, 5) is 2.07. The van der Waals surface area contributed by atoms with E-state index in [-0.39, 0.29) is 6.10 Å². The number of likely N-dealkylation sites (tertiary alicyclic amines) is 1. The van der Waals surface area contributed by atoms with Gasteiger partial charge in [0.25, 0.3) is 0 Å². The monoisotopic (exact) mass is 686 g/mol. The number of allylic oxidation sites excluding steroid dienone is 8. The molecule has 0 radical (unpaired) electrons. The maximum absolute atomic E-state index is 10.9. The molecule has 4 atom stereocenters. The molecule has 0 spiro atoms. The summed E-state index contributed by atoms with van der Waals surface area (Å²) >= 11 is 0. The van der Waals surface area contributed by atoms with E-state index in [1.807, 2.05) is 7.05 Å². The minimum atomic E-state index is -0.899. The first-order valence-electron chi connectivity index (χ1n) is 21.0. The molecule has 0 bridgehead atoms. The molecular formula is C44H79NO4. The summed E-state index contributed by atoms with van der Waals surface area (Å²) in [6.45, 7) is 5.65. The van der Waals surface area contributed by atoms with Crippen molar-refractivity contribution in [3.63, 3.8) is 0 Å². The Kier molecular flexibility index (Phi) is 26.3. The van der Waals surface area contributed by atoms with Crippen molar-refractivity contribution >= 4 is 0 Å². The number of hydrogen-bond acceptors (Lipinski definition) is 5. The van der Waals surface area contributed by atoms with Gasteiger partial charge in [0.2, 0.25) is 0 Å². The van der Waals surface area contributed by atoms with E-state index in [4.69, 9.17) is 9.47 Å². The number of likely N-dealkylation sites (N-methyl/N-ethyl adjacent to an activating group) is 1. The van der Waals surface area contributed by atoms with Gasteiger partial charge in [0.05, 0.1) is 6.10 Å². The summed E-state index contributed by atoms with van der Waals surface area (Å²) in [5.74, 6) is -0.626. The highest BCUT2D eigenvalue weighted by Crippen LogP contribution is 2.40. The van der Waals surface area contributed by atoms with Crippen molar-refractivity contribution < 1.29 is 19.7 Å². The first-order valence-corrected chi connectivity index (χ1v) is 21.0. The highest BCUT2D eigenvalue weighted by molar-refractivity contribution is 4.97. The van der Waals surface area contributed by atoms with Crippen LogP contribution >= 0.6 is 0 Å². The number of aliphatic hydroxyl groups is 2. The van der Waals surface area contributed by atoms with Crippen LogP contribution < -0.4 is 0 Å². The Bertz CT molecular complexity index is 834. The first kappa shape index (κ1) is 43.9. The largest absolute Gasteiger partial charge is 0.389 e. The quantitative estimate of drug-likeness (QED) is 0.0582. The molecule has 0 aromatic heterocycles. The molecule has 2 unspecified atom stereocenters. The van der Waals surface area contributed by atoms with Crippen LogP contribution in [0.5, 0.6) is 0 Å². The van der Waals surface area contributed by atoms with E-state index in [9.17, 15) is 10.2 Å². The molecule has 5 heteroatoms. The molecule has 2 saturated heterocycles. The summed E-state index contributed by atoms with van der Waals surface area (Å²) in [6, 6.07) is 0. The van der Waals surface area contributed by atoms with Gasteiger partial charge in [-0.1, -0.05) is 140 Å². The number of β-amino-alcohol motifs (C(OH)–C–C–N with tert-alkyl or cyclic N) is 1. The summed E-state index contributed by atoms with van der Waals surface area (Å²) < 4.78 is 13.3. The molecule has 0 saturated carbocycles. The molecule has 2 fully saturated rings. The number of fused-ring (bicyclic) bond motifs is 1. The highest BCUT2D eigenvalue weighted by atomic mass is 16.8. The minimum absolute atomic E-state index is 0.189. The zero-order valence-electron chi connectivity index (χ0n) is 32.4. The van der Waals surface area contributed by atoms with Gasteiger partial charge in [-0.05, 0) is 84.1 Å². The van der Waals surface area contributed by atoms with Crippen LogP contribution in [0.1, 0.15) is 181 Å². The van der Waals surface area contributed by atoms with Crippen molar-refractivity contribution in [3.05, 3.63) is 48.6 Å². The summed E-state index contributed by atoms with van der Waals surface area (Å²) in [6.07, 6.45) is 47.7. The maximum atomic E-state index is 10.9. The Hall–Kier alpha value is -1.24. The van der Waals surface area contributed by atoms with Gasteiger partial charge in [0.1, 0.15) is 18.3 Å². The van der Waals surface area contributed by atoms with Crippen LogP contribution in [0, 0.1) is 0 Å². The van der Waals surface area contributed by atoms with E-state index in [2.05, 4.69) is 67.4 Å². The summed E-state index contributed by atoms with van der Waals surface area (Å²) in [5.41, 5.74) is 0. The van der Waals surface area contributed by atoms with Crippen LogP contribution in [0.15, 0.2) is 48.6 Å². The van der Waals surface area contributed by atoms with E-state index in [0.29, 0.717) is 13.1 Å². The van der Waals surface area contributed by atoms with E-state index >= 15 is 0 Å². The predicted molar refractivity (Wildman–Crippen MR) is 210 cm³/mol. The van der Waals surface area contributed by atoms with Gasteiger partial charge in [-0.3, -0.25) is 0 Å². The first-order chi connectivity index (χ1) is 24.0. The number of rotatable bonds is 30. The molecule has 2 aliphatic rings. The molecule has 0 aromatic carbocycles. The van der Waals surface area contributed by atoms with Gasteiger partial charge < -0.3 is 24.6 Å². The molecule has 49 heavy (non-hydrogen) atoms. The molecule has 2 rings (SSSR count). The summed E-state index contributed by atoms with van der Waals surface area (Å²) in [7, 11) is 1.99. The topological polar surface area (TPSA) is 62.2 Å². The number of nitrogens with zero attached hydrogens (tertiary/aromatic N) is 1. The number of unbranched alkanes of at least 4 members (excludes halogenated alkanes) is 18. The average molecular weight is 686 g/mol. The van der Waals surface area contributed by atoms with Crippen molar-refractivity contribution in [1.29, 1.82) is 0 Å². The smallest absolute Gasteiger partial charge is 0.169 e. The average Bonchev–Trinajstić information content (AvgIpc) is 3.40. The third-order valence-electron chi connectivity index (χ3n) is 10.3. The third-order valence-corrected chi connectivity index (χ3v) is 10.3. The summed E-state index contributed by atoms with van der Waals surface area (Å²) in [5, 5.41) is 21.5. The fourth-order valence-electron chi connectivity index (χ4n) is 7.28. The molecule has 0 aliphatic carbocycles. The molecule has 0 amide bonds. The van der Waals surface area contributed by atoms with E-state index in [0.717, 1.165) is 38.5 Å². The maximum Gasteiger partial charge on any atom is 0.169 e. The van der Waals surface area contributed by atoms with E-state index in [1.54, 1.807) is 0 Å².